The summed E-state index contributed by atoms with van der Waals surface area (Å²) in [6, 6.07) is 19.5. The molecule has 0 saturated carbocycles. The van der Waals surface area contributed by atoms with Crippen molar-refractivity contribution in [2.45, 2.75) is 66.5 Å². The normalized spacial score (nSPS) is 27.2. The van der Waals surface area contributed by atoms with Gasteiger partial charge in [0.15, 0.2) is 0 Å². The van der Waals surface area contributed by atoms with Gasteiger partial charge < -0.3 is 19.6 Å². The van der Waals surface area contributed by atoms with Crippen LogP contribution in [0.4, 0.5) is 0 Å². The van der Waals surface area contributed by atoms with E-state index >= 15 is 0 Å². The highest BCUT2D eigenvalue weighted by atomic mass is 16.5. The molecule has 0 radical (unpaired) electrons. The maximum atomic E-state index is 12.7. The molecule has 0 aromatic heterocycles. The molecule has 0 spiro atoms. The molecule has 2 aromatic rings. The first-order valence-corrected chi connectivity index (χ1v) is 14.4. The first-order chi connectivity index (χ1) is 19.4. The second kappa shape index (κ2) is 12.9. The Bertz CT molecular complexity index is 1230. The minimum Gasteiger partial charge on any atom is -0.481 e. The molecule has 2 saturated heterocycles. The van der Waals surface area contributed by atoms with Crippen LogP contribution in [0.3, 0.4) is 0 Å². The molecular formula is C33H44N2O6. The number of hydrogen-bond donors (Lipinski definition) is 1. The number of esters is 1. The van der Waals surface area contributed by atoms with Crippen LogP contribution < -0.4 is 0 Å². The minimum atomic E-state index is -0.991. The Labute approximate surface area is 243 Å². The predicted octanol–water partition coefficient (Wildman–Crippen LogP) is 5.50. The summed E-state index contributed by atoms with van der Waals surface area (Å²) < 4.78 is 4.93. The molecule has 2 fully saturated rings. The maximum absolute atomic E-state index is 12.7. The third kappa shape index (κ3) is 6.02. The number of carbonyl (C=O) groups is 4. The molecule has 0 bridgehead atoms. The Morgan fingerprint density at radius 1 is 0.805 bits per heavy atom. The fourth-order valence-corrected chi connectivity index (χ4v) is 6.41. The van der Waals surface area contributed by atoms with Crippen LogP contribution in [-0.2, 0) is 23.9 Å². The molecule has 2 aliphatic heterocycles. The average Bonchev–Trinajstić information content (AvgIpc) is 3.41. The molecule has 41 heavy (non-hydrogen) atoms. The van der Waals surface area contributed by atoms with Crippen molar-refractivity contribution < 1.29 is 29.0 Å². The summed E-state index contributed by atoms with van der Waals surface area (Å²) in [7, 11) is 1.38. The van der Waals surface area contributed by atoms with E-state index in [0.29, 0.717) is 19.4 Å². The SMILES string of the molecule is CCC1C(=O)N([C@H](C)c2ccccc2)CC1(C)C(=O)O.CCC1C(=O)N([C@H](C)c2ccccc2)CC1(C)C(=O)OC. The zero-order valence-corrected chi connectivity index (χ0v) is 25.3. The highest BCUT2D eigenvalue weighted by Crippen LogP contribution is 2.44. The number of rotatable bonds is 8. The van der Waals surface area contributed by atoms with Gasteiger partial charge in [-0.3, -0.25) is 19.2 Å². The number of carboxylic acids is 1. The van der Waals surface area contributed by atoms with Crippen molar-refractivity contribution in [1.29, 1.82) is 0 Å². The average molecular weight is 565 g/mol. The molecule has 222 valence electrons. The van der Waals surface area contributed by atoms with E-state index in [2.05, 4.69) is 0 Å². The number of benzene rings is 2. The number of likely N-dealkylation sites (tertiary alicyclic amines) is 2. The molecule has 8 nitrogen and oxygen atoms in total. The number of amides is 2. The number of carboxylic acid groups (broad SMARTS) is 1. The fourth-order valence-electron chi connectivity index (χ4n) is 6.41. The number of methoxy groups -OCH3 is 1. The van der Waals surface area contributed by atoms with Gasteiger partial charge in [0.1, 0.15) is 0 Å². The van der Waals surface area contributed by atoms with Crippen LogP contribution in [0.1, 0.15) is 77.6 Å². The van der Waals surface area contributed by atoms with Gasteiger partial charge in [-0.1, -0.05) is 74.5 Å². The first kappa shape index (κ1) is 31.8. The third-order valence-electron chi connectivity index (χ3n) is 9.15. The highest BCUT2D eigenvalue weighted by molar-refractivity contribution is 5.92. The summed E-state index contributed by atoms with van der Waals surface area (Å²) in [5.41, 5.74) is 0.360. The van der Waals surface area contributed by atoms with Crippen LogP contribution in [0.15, 0.2) is 60.7 Å². The van der Waals surface area contributed by atoms with Crippen molar-refractivity contribution in [2.24, 2.45) is 22.7 Å². The lowest BCUT2D eigenvalue weighted by Crippen LogP contribution is -2.37. The second-order valence-electron chi connectivity index (χ2n) is 11.7. The van der Waals surface area contributed by atoms with Crippen LogP contribution in [0.5, 0.6) is 0 Å². The molecular weight excluding hydrogens is 520 g/mol. The molecule has 4 rings (SSSR count). The minimum absolute atomic E-state index is 0.0424. The van der Waals surface area contributed by atoms with Crippen LogP contribution >= 0.6 is 0 Å². The lowest BCUT2D eigenvalue weighted by Gasteiger charge is -2.27. The molecule has 2 aromatic carbocycles. The number of aliphatic carboxylic acids is 1. The Morgan fingerprint density at radius 3 is 1.49 bits per heavy atom. The first-order valence-electron chi connectivity index (χ1n) is 14.4. The van der Waals surface area contributed by atoms with Gasteiger partial charge in [0.05, 0.1) is 41.9 Å². The summed E-state index contributed by atoms with van der Waals surface area (Å²) >= 11 is 0. The largest absolute Gasteiger partial charge is 0.481 e. The summed E-state index contributed by atoms with van der Waals surface area (Å²) in [6.45, 7) is 12.0. The smallest absolute Gasteiger partial charge is 0.314 e. The van der Waals surface area contributed by atoms with Crippen molar-refractivity contribution in [1.82, 2.24) is 9.80 Å². The van der Waals surface area contributed by atoms with Crippen molar-refractivity contribution in [3.05, 3.63) is 71.8 Å². The second-order valence-corrected chi connectivity index (χ2v) is 11.7. The maximum Gasteiger partial charge on any atom is 0.314 e. The molecule has 2 aliphatic rings. The van der Waals surface area contributed by atoms with Gasteiger partial charge in [-0.05, 0) is 51.7 Å². The van der Waals surface area contributed by atoms with Gasteiger partial charge >= 0.3 is 11.9 Å². The van der Waals surface area contributed by atoms with Crippen molar-refractivity contribution in [2.75, 3.05) is 20.2 Å². The van der Waals surface area contributed by atoms with Crippen LogP contribution in [0, 0.1) is 22.7 Å². The molecule has 6 atom stereocenters. The molecule has 0 aliphatic carbocycles. The summed E-state index contributed by atoms with van der Waals surface area (Å²) in [5.74, 6) is -1.94. The van der Waals surface area contributed by atoms with E-state index < -0.39 is 22.7 Å². The number of hydrogen-bond acceptors (Lipinski definition) is 5. The number of ether oxygens (including phenoxy) is 1. The van der Waals surface area contributed by atoms with Gasteiger partial charge in [-0.15, -0.1) is 0 Å². The molecule has 2 amide bonds. The van der Waals surface area contributed by atoms with Gasteiger partial charge in [0.2, 0.25) is 11.8 Å². The fraction of sp³-hybridized carbons (Fsp3) is 0.515. The summed E-state index contributed by atoms with van der Waals surface area (Å²) in [6.07, 6.45) is 1.20. The third-order valence-corrected chi connectivity index (χ3v) is 9.15. The number of carbonyl (C=O) groups excluding carboxylic acids is 3. The predicted molar refractivity (Wildman–Crippen MR) is 157 cm³/mol. The van der Waals surface area contributed by atoms with Crippen LogP contribution in [-0.4, -0.2) is 58.9 Å². The molecule has 4 unspecified atom stereocenters. The van der Waals surface area contributed by atoms with E-state index in [-0.39, 0.29) is 42.3 Å². The highest BCUT2D eigenvalue weighted by Gasteiger charge is 2.55. The zero-order valence-electron chi connectivity index (χ0n) is 25.3. The Hall–Kier alpha value is -3.68. The van der Waals surface area contributed by atoms with E-state index in [1.165, 1.54) is 7.11 Å². The zero-order chi connectivity index (χ0) is 30.5. The topological polar surface area (TPSA) is 104 Å². The van der Waals surface area contributed by atoms with Gasteiger partial charge in [0, 0.05) is 13.1 Å². The Balaban J connectivity index is 0.000000226. The molecule has 1 N–H and O–H groups in total. The quantitative estimate of drug-likeness (QED) is 0.425. The van der Waals surface area contributed by atoms with E-state index in [1.807, 2.05) is 95.3 Å². The van der Waals surface area contributed by atoms with Gasteiger partial charge in [-0.2, -0.15) is 0 Å². The van der Waals surface area contributed by atoms with E-state index in [0.717, 1.165) is 11.1 Å². The monoisotopic (exact) mass is 564 g/mol. The molecule has 2 heterocycles. The lowest BCUT2D eigenvalue weighted by atomic mass is 9.78. The Kier molecular flexibility index (Phi) is 10.0. The van der Waals surface area contributed by atoms with Gasteiger partial charge in [0.25, 0.3) is 0 Å². The van der Waals surface area contributed by atoms with E-state index in [9.17, 15) is 24.3 Å². The van der Waals surface area contributed by atoms with Gasteiger partial charge in [-0.25, -0.2) is 0 Å². The van der Waals surface area contributed by atoms with Crippen LogP contribution in [0.2, 0.25) is 0 Å². The van der Waals surface area contributed by atoms with E-state index in [4.69, 9.17) is 4.74 Å². The molecule has 8 heteroatoms. The van der Waals surface area contributed by atoms with Crippen molar-refractivity contribution in [3.8, 4) is 0 Å². The standard InChI is InChI=1S/C17H23NO3.C16H21NO3/c1-5-14-15(19)18(11-17(14,3)16(20)21-4)12(2)13-9-7-6-8-10-13;1-4-13-14(18)17(10-16(13,3)15(19)20)11(2)12-8-6-5-7-9-12/h6-10,12,14H,5,11H2,1-4H3;5-9,11,13H,4,10H2,1-3H3,(H,19,20)/t12-,14?,17?;11-,13?,16?/m11/s1. The van der Waals surface area contributed by atoms with Crippen molar-refractivity contribution in [3.63, 3.8) is 0 Å². The van der Waals surface area contributed by atoms with E-state index in [1.54, 1.807) is 16.7 Å². The number of nitrogens with zero attached hydrogens (tertiary/aromatic N) is 2. The van der Waals surface area contributed by atoms with Crippen molar-refractivity contribution >= 4 is 23.8 Å². The Morgan fingerprint density at radius 2 is 1.17 bits per heavy atom. The summed E-state index contributed by atoms with van der Waals surface area (Å²) in [5, 5.41) is 9.48. The summed E-state index contributed by atoms with van der Waals surface area (Å²) in [4.78, 5) is 52.5. The lowest BCUT2D eigenvalue weighted by molar-refractivity contribution is -0.154. The van der Waals surface area contributed by atoms with Crippen LogP contribution in [0.25, 0.3) is 0 Å².